The maximum Gasteiger partial charge on any atom is 0.227 e. The Morgan fingerprint density at radius 2 is 1.03 bits per heavy atom. The Labute approximate surface area is 351 Å². The Bertz CT molecular complexity index is 3450. The third-order valence-electron chi connectivity index (χ3n) is 12.6. The molecule has 0 unspecified atom stereocenters. The van der Waals surface area contributed by atoms with E-state index in [2.05, 4.69) is 169 Å². The fraction of sp³-hybridized carbons (Fsp3) is 0.0179. The number of fused-ring (bicyclic) bond motifs is 13. The molecule has 0 radical (unpaired) electrons. The summed E-state index contributed by atoms with van der Waals surface area (Å²) in [5.74, 6) is 2.18. The number of ether oxygens (including phenoxy) is 1. The highest BCUT2D eigenvalue weighted by Crippen LogP contribution is 2.62. The minimum atomic E-state index is -0.572. The van der Waals surface area contributed by atoms with Crippen LogP contribution >= 0.6 is 0 Å². The van der Waals surface area contributed by atoms with Crippen molar-refractivity contribution in [3.63, 3.8) is 0 Å². The molecule has 3 heterocycles. The maximum absolute atomic E-state index is 7.02. The van der Waals surface area contributed by atoms with Gasteiger partial charge in [0.1, 0.15) is 22.6 Å². The van der Waals surface area contributed by atoms with Crippen LogP contribution in [0.2, 0.25) is 0 Å². The van der Waals surface area contributed by atoms with E-state index >= 15 is 0 Å². The summed E-state index contributed by atoms with van der Waals surface area (Å²) in [6, 6.07) is 72.4. The van der Waals surface area contributed by atoms with Crippen LogP contribution in [0.1, 0.15) is 22.3 Å². The van der Waals surface area contributed by atoms with E-state index in [1.807, 2.05) is 42.5 Å². The molecule has 0 saturated heterocycles. The van der Waals surface area contributed by atoms with Crippen molar-refractivity contribution in [1.82, 2.24) is 4.98 Å². The Morgan fingerprint density at radius 1 is 0.410 bits per heavy atom. The molecule has 1 aliphatic heterocycles. The third kappa shape index (κ3) is 4.92. The minimum absolute atomic E-state index is 0.542. The molecule has 5 nitrogen and oxygen atoms in total. The van der Waals surface area contributed by atoms with Crippen molar-refractivity contribution in [1.29, 1.82) is 0 Å². The fourth-order valence-electron chi connectivity index (χ4n) is 9.94. The molecular formula is C56H34N2O3. The topological polar surface area (TPSA) is 51.6 Å². The van der Waals surface area contributed by atoms with E-state index < -0.39 is 5.41 Å². The Morgan fingerprint density at radius 3 is 1.82 bits per heavy atom. The van der Waals surface area contributed by atoms with Crippen molar-refractivity contribution in [3.8, 4) is 45.2 Å². The van der Waals surface area contributed by atoms with Gasteiger partial charge in [-0.1, -0.05) is 146 Å². The van der Waals surface area contributed by atoms with Crippen molar-refractivity contribution in [3.05, 3.63) is 229 Å². The van der Waals surface area contributed by atoms with E-state index in [1.54, 1.807) is 0 Å². The summed E-state index contributed by atoms with van der Waals surface area (Å²) in [7, 11) is 0. The smallest absolute Gasteiger partial charge is 0.227 e. The first-order valence-electron chi connectivity index (χ1n) is 20.6. The van der Waals surface area contributed by atoms with Gasteiger partial charge in [-0.25, -0.2) is 4.98 Å². The van der Waals surface area contributed by atoms with Gasteiger partial charge >= 0.3 is 0 Å². The number of benzene rings is 9. The molecule has 0 N–H and O–H groups in total. The number of aromatic nitrogens is 1. The molecule has 0 atom stereocenters. The van der Waals surface area contributed by atoms with Crippen LogP contribution in [0.25, 0.3) is 66.7 Å². The van der Waals surface area contributed by atoms with Gasteiger partial charge in [-0.3, -0.25) is 0 Å². The number of hydrogen-bond donors (Lipinski definition) is 0. The molecule has 0 bridgehead atoms. The largest absolute Gasteiger partial charge is 0.457 e. The molecule has 2 aromatic heterocycles. The van der Waals surface area contributed by atoms with Gasteiger partial charge in [-0.05, 0) is 88.0 Å². The number of rotatable bonds is 5. The Kier molecular flexibility index (Phi) is 7.16. The lowest BCUT2D eigenvalue weighted by molar-refractivity contribution is 0.436. The van der Waals surface area contributed by atoms with Crippen LogP contribution < -0.4 is 9.64 Å². The fourth-order valence-corrected chi connectivity index (χ4v) is 9.94. The molecule has 1 spiro atoms. The predicted molar refractivity (Wildman–Crippen MR) is 244 cm³/mol. The van der Waals surface area contributed by atoms with Crippen molar-refractivity contribution in [2.24, 2.45) is 0 Å². The molecule has 11 aromatic rings. The van der Waals surface area contributed by atoms with Crippen molar-refractivity contribution in [2.45, 2.75) is 5.41 Å². The zero-order valence-electron chi connectivity index (χ0n) is 32.7. The van der Waals surface area contributed by atoms with Gasteiger partial charge in [0.2, 0.25) is 5.89 Å². The minimum Gasteiger partial charge on any atom is -0.457 e. The summed E-state index contributed by atoms with van der Waals surface area (Å²) in [4.78, 5) is 7.24. The van der Waals surface area contributed by atoms with Gasteiger partial charge in [0.15, 0.2) is 11.2 Å². The monoisotopic (exact) mass is 782 g/mol. The molecule has 9 aromatic carbocycles. The summed E-state index contributed by atoms with van der Waals surface area (Å²) in [5, 5.41) is 1.99. The average molecular weight is 783 g/mol. The van der Waals surface area contributed by atoms with Crippen LogP contribution in [0, 0.1) is 0 Å². The quantitative estimate of drug-likeness (QED) is 0.174. The van der Waals surface area contributed by atoms with Crippen molar-refractivity contribution < 1.29 is 13.6 Å². The van der Waals surface area contributed by atoms with Crippen LogP contribution in [0.15, 0.2) is 215 Å². The molecule has 13 rings (SSSR count). The van der Waals surface area contributed by atoms with Gasteiger partial charge < -0.3 is 18.5 Å². The number of hydrogen-bond acceptors (Lipinski definition) is 5. The zero-order valence-corrected chi connectivity index (χ0v) is 32.7. The van der Waals surface area contributed by atoms with E-state index in [4.69, 9.17) is 18.6 Å². The summed E-state index contributed by atoms with van der Waals surface area (Å²) < 4.78 is 20.3. The molecule has 0 saturated carbocycles. The lowest BCUT2D eigenvalue weighted by Crippen LogP contribution is -2.32. The lowest BCUT2D eigenvalue weighted by Gasteiger charge is -2.40. The van der Waals surface area contributed by atoms with Gasteiger partial charge in [-0.15, -0.1) is 0 Å². The summed E-state index contributed by atoms with van der Waals surface area (Å²) in [6.07, 6.45) is 0. The second kappa shape index (κ2) is 12.9. The molecule has 0 amide bonds. The number of para-hydroxylation sites is 4. The predicted octanol–water partition coefficient (Wildman–Crippen LogP) is 15.0. The third-order valence-corrected chi connectivity index (χ3v) is 12.6. The van der Waals surface area contributed by atoms with E-state index in [-0.39, 0.29) is 0 Å². The second-order valence-corrected chi connectivity index (χ2v) is 15.8. The summed E-state index contributed by atoms with van der Waals surface area (Å²) >= 11 is 0. The van der Waals surface area contributed by atoms with Gasteiger partial charge in [0.25, 0.3) is 0 Å². The summed E-state index contributed by atoms with van der Waals surface area (Å²) in [5.41, 5.74) is 15.6. The van der Waals surface area contributed by atoms with Gasteiger partial charge in [0, 0.05) is 44.9 Å². The number of nitrogens with zero attached hydrogens (tertiary/aromatic N) is 2. The van der Waals surface area contributed by atoms with Crippen molar-refractivity contribution >= 4 is 50.1 Å². The van der Waals surface area contributed by atoms with E-state index in [0.717, 1.165) is 89.4 Å². The molecule has 5 heteroatoms. The molecule has 2 aliphatic rings. The zero-order chi connectivity index (χ0) is 40.1. The van der Waals surface area contributed by atoms with Crippen LogP contribution in [0.5, 0.6) is 11.5 Å². The number of anilines is 3. The number of furan rings is 1. The van der Waals surface area contributed by atoms with Crippen LogP contribution in [-0.4, -0.2) is 4.98 Å². The Hall–Kier alpha value is -8.15. The first-order valence-corrected chi connectivity index (χ1v) is 20.6. The molecule has 0 fully saturated rings. The van der Waals surface area contributed by atoms with Gasteiger partial charge in [-0.2, -0.15) is 0 Å². The van der Waals surface area contributed by atoms with Crippen LogP contribution in [0.4, 0.5) is 17.1 Å². The molecule has 1 aliphatic carbocycles. The highest BCUT2D eigenvalue weighted by molar-refractivity contribution is 6.12. The second-order valence-electron chi connectivity index (χ2n) is 15.8. The van der Waals surface area contributed by atoms with E-state index in [9.17, 15) is 0 Å². The van der Waals surface area contributed by atoms with E-state index in [1.165, 1.54) is 22.3 Å². The molecular weight excluding hydrogens is 749 g/mol. The van der Waals surface area contributed by atoms with Crippen LogP contribution in [0.3, 0.4) is 0 Å². The first-order chi connectivity index (χ1) is 30.2. The van der Waals surface area contributed by atoms with E-state index in [0.29, 0.717) is 5.89 Å². The maximum atomic E-state index is 7.02. The first kappa shape index (κ1) is 33.8. The highest BCUT2D eigenvalue weighted by atomic mass is 16.5. The van der Waals surface area contributed by atoms with Crippen molar-refractivity contribution in [2.75, 3.05) is 4.90 Å². The SMILES string of the molecule is c1ccc(-c2ccc(N(c3ccc4c(c3)Oc3ccccc3C43c4ccccc4-c4ccccc43)c3cc(-c4nc5ccccc5o4)cc4c3oc3ccccc34)cc2)cc1. The lowest BCUT2D eigenvalue weighted by atomic mass is 9.66. The van der Waals surface area contributed by atoms with Gasteiger partial charge in [0.05, 0.1) is 11.1 Å². The highest BCUT2D eigenvalue weighted by Gasteiger charge is 2.51. The number of oxazole rings is 1. The molecule has 61 heavy (non-hydrogen) atoms. The summed E-state index contributed by atoms with van der Waals surface area (Å²) in [6.45, 7) is 0. The Balaban J connectivity index is 1.08. The standard InChI is InChI=1S/C56H34N2O3/c1-2-14-35(15-3-1)36-26-28-38(29-27-36)58(49-33-37(55-57-48-22-10-13-25-52(48)61-55)32-43-42-18-6-11-23-50(42)60-54(43)49)39-30-31-47-53(34-39)59-51-24-12-9-21-46(51)56(47)44-19-7-4-16-40(44)41-17-5-8-20-45(41)56/h1-34H. The molecule has 286 valence electrons. The average Bonchev–Trinajstić information content (AvgIpc) is 4.01. The van der Waals surface area contributed by atoms with Crippen LogP contribution in [-0.2, 0) is 5.41 Å². The normalized spacial score (nSPS) is 13.2.